The summed E-state index contributed by atoms with van der Waals surface area (Å²) >= 11 is 0. The minimum atomic E-state index is -4.89. The molecule has 168 valence electrons. The molecule has 0 saturated heterocycles. The quantitative estimate of drug-likeness (QED) is 0.578. The summed E-state index contributed by atoms with van der Waals surface area (Å²) in [5.41, 5.74) is 3.10. The van der Waals surface area contributed by atoms with E-state index in [0.717, 1.165) is 16.7 Å². The van der Waals surface area contributed by atoms with Gasteiger partial charge >= 0.3 is 6.18 Å². The van der Waals surface area contributed by atoms with Gasteiger partial charge in [-0.15, -0.1) is 0 Å². The lowest BCUT2D eigenvalue weighted by atomic mass is 9.96. The monoisotopic (exact) mass is 449 g/mol. The van der Waals surface area contributed by atoms with E-state index >= 15 is 0 Å². The van der Waals surface area contributed by atoms with Gasteiger partial charge in [0.05, 0.1) is 11.5 Å². The Kier molecular flexibility index (Phi) is 6.07. The van der Waals surface area contributed by atoms with Gasteiger partial charge in [-0.2, -0.15) is 13.2 Å². The molecule has 1 aromatic heterocycles. The second kappa shape index (κ2) is 8.45. The lowest BCUT2D eigenvalue weighted by Gasteiger charge is -2.17. The van der Waals surface area contributed by atoms with Gasteiger partial charge in [0.1, 0.15) is 11.9 Å². The van der Waals surface area contributed by atoms with Crippen molar-refractivity contribution in [3.8, 4) is 0 Å². The van der Waals surface area contributed by atoms with Gasteiger partial charge in [-0.1, -0.05) is 18.2 Å². The van der Waals surface area contributed by atoms with Gasteiger partial charge in [-0.3, -0.25) is 14.4 Å². The summed E-state index contributed by atoms with van der Waals surface area (Å²) in [5.74, 6) is -4.22. The number of nitrogens with two attached hydrogens (primary N) is 1. The summed E-state index contributed by atoms with van der Waals surface area (Å²) in [6.45, 7) is 2.74. The van der Waals surface area contributed by atoms with E-state index in [1.54, 1.807) is 0 Å². The van der Waals surface area contributed by atoms with Gasteiger partial charge in [0.25, 0.3) is 5.56 Å². The zero-order chi connectivity index (χ0) is 23.8. The molecular formula is C22H19F4N3O3. The molecule has 3 aromatic rings. The molecule has 2 unspecified atom stereocenters. The van der Waals surface area contributed by atoms with Crippen molar-refractivity contribution in [1.82, 2.24) is 4.57 Å². The summed E-state index contributed by atoms with van der Waals surface area (Å²) in [6, 6.07) is 7.84. The number of aromatic nitrogens is 1. The van der Waals surface area contributed by atoms with E-state index in [1.807, 2.05) is 0 Å². The van der Waals surface area contributed by atoms with Crippen molar-refractivity contribution in [3.63, 3.8) is 0 Å². The average Bonchev–Trinajstić information content (AvgIpc) is 2.72. The van der Waals surface area contributed by atoms with Crippen LogP contribution in [0.5, 0.6) is 0 Å². The number of anilines is 1. The SMILES string of the molecule is CC(C(=O)Nc1cccc2c(=O)n(C(C)C(N)=O)ccc12)c1cccc(C(F)(F)F)c1F. The molecule has 0 aliphatic heterocycles. The molecule has 0 spiro atoms. The maximum atomic E-state index is 14.4. The van der Waals surface area contributed by atoms with Crippen LogP contribution in [0.15, 0.2) is 53.5 Å². The van der Waals surface area contributed by atoms with Gasteiger partial charge < -0.3 is 15.6 Å². The number of hydrogen-bond acceptors (Lipinski definition) is 3. The Hall–Kier alpha value is -3.69. The van der Waals surface area contributed by atoms with Crippen molar-refractivity contribution in [3.05, 3.63) is 76.0 Å². The highest BCUT2D eigenvalue weighted by Gasteiger charge is 2.36. The van der Waals surface area contributed by atoms with Crippen molar-refractivity contribution < 1.29 is 27.2 Å². The molecule has 0 saturated carbocycles. The largest absolute Gasteiger partial charge is 0.419 e. The van der Waals surface area contributed by atoms with E-state index in [-0.39, 0.29) is 11.1 Å². The molecule has 32 heavy (non-hydrogen) atoms. The number of hydrogen-bond donors (Lipinski definition) is 2. The minimum Gasteiger partial charge on any atom is -0.368 e. The molecule has 2 aromatic carbocycles. The van der Waals surface area contributed by atoms with Crippen LogP contribution >= 0.6 is 0 Å². The van der Waals surface area contributed by atoms with Crippen molar-refractivity contribution in [2.45, 2.75) is 32.0 Å². The molecule has 2 atom stereocenters. The third kappa shape index (κ3) is 4.20. The molecule has 10 heteroatoms. The van der Waals surface area contributed by atoms with Crippen LogP contribution in [0, 0.1) is 5.82 Å². The van der Waals surface area contributed by atoms with Crippen LogP contribution in [0.2, 0.25) is 0 Å². The normalized spacial score (nSPS) is 13.6. The van der Waals surface area contributed by atoms with Gasteiger partial charge in [0, 0.05) is 28.2 Å². The molecule has 6 nitrogen and oxygen atoms in total. The first-order chi connectivity index (χ1) is 14.9. The number of rotatable bonds is 5. The Morgan fingerprint density at radius 2 is 1.69 bits per heavy atom. The zero-order valence-corrected chi connectivity index (χ0v) is 17.0. The number of carbonyl (C=O) groups excluding carboxylic acids is 2. The second-order valence-electron chi connectivity index (χ2n) is 7.29. The molecule has 0 aliphatic rings. The fourth-order valence-electron chi connectivity index (χ4n) is 3.33. The highest BCUT2D eigenvalue weighted by atomic mass is 19.4. The topological polar surface area (TPSA) is 94.2 Å². The van der Waals surface area contributed by atoms with Gasteiger partial charge in [0.2, 0.25) is 11.8 Å². The maximum absolute atomic E-state index is 14.4. The third-order valence-corrected chi connectivity index (χ3v) is 5.25. The molecule has 1 heterocycles. The lowest BCUT2D eigenvalue weighted by molar-refractivity contribution is -0.140. The fraction of sp³-hybridized carbons (Fsp3) is 0.227. The van der Waals surface area contributed by atoms with Crippen LogP contribution in [0.1, 0.15) is 36.9 Å². The fourth-order valence-corrected chi connectivity index (χ4v) is 3.33. The smallest absolute Gasteiger partial charge is 0.368 e. The van der Waals surface area contributed by atoms with Crippen molar-refractivity contribution >= 4 is 28.3 Å². The third-order valence-electron chi connectivity index (χ3n) is 5.25. The summed E-state index contributed by atoms with van der Waals surface area (Å²) in [4.78, 5) is 36.9. The van der Waals surface area contributed by atoms with Crippen molar-refractivity contribution in [2.75, 3.05) is 5.32 Å². The Labute approximate surface area is 179 Å². The van der Waals surface area contributed by atoms with E-state index in [4.69, 9.17) is 5.73 Å². The van der Waals surface area contributed by atoms with Crippen LogP contribution in [-0.4, -0.2) is 16.4 Å². The summed E-state index contributed by atoms with van der Waals surface area (Å²) < 4.78 is 54.5. The Bertz CT molecular complexity index is 1270. The Morgan fingerprint density at radius 1 is 1.03 bits per heavy atom. The predicted octanol–water partition coefficient (Wildman–Crippen LogP) is 3.95. The van der Waals surface area contributed by atoms with Crippen LogP contribution in [-0.2, 0) is 15.8 Å². The number of alkyl halides is 3. The van der Waals surface area contributed by atoms with Crippen LogP contribution in [0.4, 0.5) is 23.2 Å². The number of pyridine rings is 1. The van der Waals surface area contributed by atoms with Gasteiger partial charge in [-0.25, -0.2) is 4.39 Å². The Morgan fingerprint density at radius 3 is 2.31 bits per heavy atom. The summed E-state index contributed by atoms with van der Waals surface area (Å²) in [6.07, 6.45) is -3.54. The van der Waals surface area contributed by atoms with Crippen molar-refractivity contribution in [1.29, 1.82) is 0 Å². The standard InChI is InChI=1S/C22H19F4N3O3/c1-11(13-5-3-7-16(18(13)23)22(24,25)26)20(31)28-17-8-4-6-15-14(17)9-10-29(21(15)32)12(2)19(27)30/h3-12H,1-2H3,(H2,27,30)(H,28,31). The molecule has 3 N–H and O–H groups in total. The van der Waals surface area contributed by atoms with Crippen LogP contribution in [0.3, 0.4) is 0 Å². The molecule has 0 aliphatic carbocycles. The minimum absolute atomic E-state index is 0.191. The zero-order valence-electron chi connectivity index (χ0n) is 17.0. The number of nitrogens with zero attached hydrogens (tertiary/aromatic N) is 1. The number of carbonyl (C=O) groups is 2. The second-order valence-corrected chi connectivity index (χ2v) is 7.29. The average molecular weight is 449 g/mol. The lowest BCUT2D eigenvalue weighted by Crippen LogP contribution is -2.31. The maximum Gasteiger partial charge on any atom is 0.419 e. The number of benzene rings is 2. The molecule has 0 radical (unpaired) electrons. The van der Waals surface area contributed by atoms with Gasteiger partial charge in [-0.05, 0) is 38.1 Å². The van der Waals surface area contributed by atoms with E-state index in [2.05, 4.69) is 5.32 Å². The Balaban J connectivity index is 1.97. The van der Waals surface area contributed by atoms with Crippen LogP contribution in [0.25, 0.3) is 10.8 Å². The number of primary amides is 1. The first-order valence-corrected chi connectivity index (χ1v) is 9.53. The first kappa shape index (κ1) is 23.0. The number of fused-ring (bicyclic) bond motifs is 1. The predicted molar refractivity (Wildman–Crippen MR) is 111 cm³/mol. The highest BCUT2D eigenvalue weighted by Crippen LogP contribution is 2.34. The summed E-state index contributed by atoms with van der Waals surface area (Å²) in [7, 11) is 0. The number of nitrogens with one attached hydrogen (secondary N) is 1. The highest BCUT2D eigenvalue weighted by molar-refractivity contribution is 6.04. The van der Waals surface area contributed by atoms with E-state index < -0.39 is 52.5 Å². The molecule has 0 fully saturated rings. The molecule has 3 rings (SSSR count). The van der Waals surface area contributed by atoms with E-state index in [0.29, 0.717) is 11.5 Å². The van der Waals surface area contributed by atoms with Crippen molar-refractivity contribution in [2.24, 2.45) is 5.73 Å². The number of amides is 2. The summed E-state index contributed by atoms with van der Waals surface area (Å²) in [5, 5.41) is 3.07. The molecule has 2 amide bonds. The van der Waals surface area contributed by atoms with Gasteiger partial charge in [0.15, 0.2) is 0 Å². The molecular weight excluding hydrogens is 430 g/mol. The molecule has 0 bridgehead atoms. The van der Waals surface area contributed by atoms with Crippen LogP contribution < -0.4 is 16.6 Å². The van der Waals surface area contributed by atoms with E-state index in [1.165, 1.54) is 44.3 Å². The number of halogens is 4. The van der Waals surface area contributed by atoms with E-state index in [9.17, 15) is 31.9 Å². The first-order valence-electron chi connectivity index (χ1n) is 9.53.